The average molecular weight is 511 g/mol. The number of benzene rings is 3. The first-order chi connectivity index (χ1) is 18.4. The zero-order valence-corrected chi connectivity index (χ0v) is 20.2. The molecule has 0 bridgehead atoms. The van der Waals surface area contributed by atoms with Gasteiger partial charge in [0.2, 0.25) is 17.7 Å². The van der Waals surface area contributed by atoms with Crippen molar-refractivity contribution < 1.29 is 24.0 Å². The van der Waals surface area contributed by atoms with Crippen molar-refractivity contribution in [2.24, 2.45) is 11.8 Å². The topological polar surface area (TPSA) is 122 Å². The van der Waals surface area contributed by atoms with E-state index < -0.39 is 46.6 Å². The molecule has 38 heavy (non-hydrogen) atoms. The van der Waals surface area contributed by atoms with Crippen LogP contribution in [0.2, 0.25) is 0 Å². The Hall–Kier alpha value is -4.99. The van der Waals surface area contributed by atoms with Crippen molar-refractivity contribution in [2.45, 2.75) is 12.1 Å². The van der Waals surface area contributed by atoms with Crippen molar-refractivity contribution in [3.8, 4) is 5.75 Å². The van der Waals surface area contributed by atoms with Crippen LogP contribution in [0.1, 0.15) is 17.2 Å². The fraction of sp³-hybridized carbons (Fsp3) is 0.179. The van der Waals surface area contributed by atoms with Crippen LogP contribution in [0.4, 0.5) is 17.1 Å². The summed E-state index contributed by atoms with van der Waals surface area (Å²) in [5, 5.41) is 14.4. The first-order valence-corrected chi connectivity index (χ1v) is 12.0. The Morgan fingerprint density at radius 1 is 0.974 bits per heavy atom. The molecule has 3 aromatic carbocycles. The molecule has 2 fully saturated rings. The Morgan fingerprint density at radius 3 is 2.42 bits per heavy atom. The van der Waals surface area contributed by atoms with Crippen molar-refractivity contribution in [3.05, 3.63) is 100 Å². The van der Waals surface area contributed by atoms with E-state index in [0.717, 1.165) is 22.1 Å². The van der Waals surface area contributed by atoms with Crippen LogP contribution < -0.4 is 15.0 Å². The van der Waals surface area contributed by atoms with Gasteiger partial charge in [0.15, 0.2) is 0 Å². The minimum absolute atomic E-state index is 0.0143. The van der Waals surface area contributed by atoms with Crippen molar-refractivity contribution in [2.75, 3.05) is 17.3 Å². The number of anilines is 2. The summed E-state index contributed by atoms with van der Waals surface area (Å²) < 4.78 is 5.36. The van der Waals surface area contributed by atoms with E-state index in [2.05, 4.69) is 5.32 Å². The summed E-state index contributed by atoms with van der Waals surface area (Å²) in [6, 6.07) is 18.6. The maximum absolute atomic E-state index is 14.0. The zero-order valence-electron chi connectivity index (χ0n) is 20.2. The van der Waals surface area contributed by atoms with E-state index in [1.807, 2.05) is 36.4 Å². The summed E-state index contributed by atoms with van der Waals surface area (Å²) in [5.41, 5.74) is 1.98. The fourth-order valence-corrected chi connectivity index (χ4v) is 5.80. The highest BCUT2D eigenvalue weighted by Crippen LogP contribution is 2.54. The maximum Gasteiger partial charge on any atom is 0.271 e. The van der Waals surface area contributed by atoms with Gasteiger partial charge in [0.05, 0.1) is 29.9 Å². The quantitative estimate of drug-likeness (QED) is 0.315. The van der Waals surface area contributed by atoms with Crippen molar-refractivity contribution in [1.82, 2.24) is 4.90 Å². The number of amides is 3. The van der Waals surface area contributed by atoms with Crippen molar-refractivity contribution in [3.63, 3.8) is 0 Å². The molecule has 6 rings (SSSR count). The minimum atomic E-state index is -1.02. The van der Waals surface area contributed by atoms with Gasteiger partial charge >= 0.3 is 0 Å². The van der Waals surface area contributed by atoms with Crippen LogP contribution in [0.3, 0.4) is 0 Å². The number of imide groups is 1. The Balaban J connectivity index is 1.47. The lowest BCUT2D eigenvalue weighted by molar-refractivity contribution is -0.384. The van der Waals surface area contributed by atoms with Gasteiger partial charge in [-0.2, -0.15) is 0 Å². The second kappa shape index (κ2) is 8.84. The second-order valence-electron chi connectivity index (χ2n) is 9.31. The molecule has 3 aromatic rings. The SMILES string of the molecule is COc1ccc([N+](=O)[O-])cc1N1C(=O)[C@@H]2[C@H](C1=O)[C@H]1c3ccccc3C=CN1[C@@H]2C(=O)Nc1ccccc1. The largest absolute Gasteiger partial charge is 0.495 e. The lowest BCUT2D eigenvalue weighted by Gasteiger charge is -2.35. The molecular weight excluding hydrogens is 488 g/mol. The molecule has 0 aliphatic carbocycles. The number of hydrogen-bond acceptors (Lipinski definition) is 7. The number of nitro benzene ring substituents is 1. The van der Waals surface area contributed by atoms with Gasteiger partial charge in [0.25, 0.3) is 5.69 Å². The van der Waals surface area contributed by atoms with Gasteiger partial charge in [-0.15, -0.1) is 0 Å². The van der Waals surface area contributed by atoms with Gasteiger partial charge in [-0.3, -0.25) is 24.5 Å². The average Bonchev–Trinajstić information content (AvgIpc) is 3.41. The molecule has 0 saturated carbocycles. The molecule has 3 amide bonds. The molecule has 0 spiro atoms. The van der Waals surface area contributed by atoms with Crippen molar-refractivity contribution in [1.29, 1.82) is 0 Å². The normalized spacial score (nSPS) is 23.1. The lowest BCUT2D eigenvalue weighted by Crippen LogP contribution is -2.46. The third-order valence-corrected chi connectivity index (χ3v) is 7.39. The summed E-state index contributed by atoms with van der Waals surface area (Å²) in [7, 11) is 1.36. The van der Waals surface area contributed by atoms with Crippen LogP contribution in [0.5, 0.6) is 5.75 Å². The fourth-order valence-electron chi connectivity index (χ4n) is 5.80. The van der Waals surface area contributed by atoms with E-state index >= 15 is 0 Å². The van der Waals surface area contributed by atoms with Gasteiger partial charge in [0.1, 0.15) is 17.5 Å². The van der Waals surface area contributed by atoms with E-state index in [4.69, 9.17) is 4.74 Å². The monoisotopic (exact) mass is 510 g/mol. The Labute approximate surface area is 217 Å². The number of para-hydroxylation sites is 1. The van der Waals surface area contributed by atoms with E-state index in [1.54, 1.807) is 35.4 Å². The zero-order chi connectivity index (χ0) is 26.6. The third-order valence-electron chi connectivity index (χ3n) is 7.39. The Kier molecular flexibility index (Phi) is 5.45. The number of non-ortho nitro benzene ring substituents is 1. The van der Waals surface area contributed by atoms with E-state index in [1.165, 1.54) is 19.2 Å². The highest BCUT2D eigenvalue weighted by atomic mass is 16.6. The van der Waals surface area contributed by atoms with Crippen LogP contribution in [-0.2, 0) is 14.4 Å². The van der Waals surface area contributed by atoms with Gasteiger partial charge in [-0.1, -0.05) is 42.5 Å². The molecule has 1 N–H and O–H groups in total. The Bertz CT molecular complexity index is 1520. The highest BCUT2D eigenvalue weighted by Gasteiger charge is 2.65. The number of carbonyl (C=O) groups excluding carboxylic acids is 3. The summed E-state index contributed by atoms with van der Waals surface area (Å²) in [6.07, 6.45) is 3.63. The van der Waals surface area contributed by atoms with Crippen molar-refractivity contribution >= 4 is 40.9 Å². The number of hydrogen-bond donors (Lipinski definition) is 1. The first-order valence-electron chi connectivity index (χ1n) is 12.0. The number of fused-ring (bicyclic) bond motifs is 5. The molecule has 10 heteroatoms. The van der Waals surface area contributed by atoms with Gasteiger partial charge < -0.3 is 15.0 Å². The predicted molar refractivity (Wildman–Crippen MR) is 138 cm³/mol. The number of ether oxygens (including phenoxy) is 1. The van der Waals surface area contributed by atoms with E-state index in [-0.39, 0.29) is 17.1 Å². The maximum atomic E-state index is 14.0. The molecule has 2 saturated heterocycles. The second-order valence-corrected chi connectivity index (χ2v) is 9.31. The molecule has 3 aliphatic heterocycles. The van der Waals surface area contributed by atoms with Gasteiger partial charge in [-0.05, 0) is 35.4 Å². The summed E-state index contributed by atoms with van der Waals surface area (Å²) in [4.78, 5) is 55.4. The molecular formula is C28H22N4O6. The number of rotatable bonds is 5. The van der Waals surface area contributed by atoms with Crippen LogP contribution in [0.15, 0.2) is 79.0 Å². The molecule has 4 atom stereocenters. The molecule has 0 unspecified atom stereocenters. The number of nitrogens with zero attached hydrogens (tertiary/aromatic N) is 3. The molecule has 190 valence electrons. The smallest absolute Gasteiger partial charge is 0.271 e. The van der Waals surface area contributed by atoms with Gasteiger partial charge in [-0.25, -0.2) is 4.90 Å². The third kappa shape index (κ3) is 3.45. The van der Waals surface area contributed by atoms with E-state index in [9.17, 15) is 24.5 Å². The van der Waals surface area contributed by atoms with Crippen LogP contribution in [0, 0.1) is 22.0 Å². The van der Waals surface area contributed by atoms with E-state index in [0.29, 0.717) is 5.69 Å². The molecule has 3 aliphatic rings. The number of carbonyl (C=O) groups is 3. The van der Waals surface area contributed by atoms with Gasteiger partial charge in [0, 0.05) is 24.0 Å². The molecule has 3 heterocycles. The summed E-state index contributed by atoms with van der Waals surface area (Å²) in [5.74, 6) is -3.32. The van der Waals surface area contributed by atoms with Crippen LogP contribution in [-0.4, -0.2) is 40.7 Å². The molecule has 0 aromatic heterocycles. The summed E-state index contributed by atoms with van der Waals surface area (Å²) in [6.45, 7) is 0. The number of nitrogens with one attached hydrogen (secondary N) is 1. The van der Waals surface area contributed by atoms with Crippen LogP contribution >= 0.6 is 0 Å². The lowest BCUT2D eigenvalue weighted by atomic mass is 9.84. The number of nitro groups is 1. The standard InChI is InChI=1S/C28H22N4O6/c1-38-21-12-11-18(32(36)37)15-20(21)31-27(34)22-23(28(31)35)25(26(33)29-17-8-3-2-4-9-17)30-14-13-16-7-5-6-10-19(16)24(22)30/h2-15,22-25H,1H3,(H,29,33)/t22-,23+,24+,25-/m0/s1. The Morgan fingerprint density at radius 2 is 1.68 bits per heavy atom. The predicted octanol–water partition coefficient (Wildman–Crippen LogP) is 3.76. The molecule has 0 radical (unpaired) electrons. The minimum Gasteiger partial charge on any atom is -0.495 e. The number of methoxy groups -OCH3 is 1. The highest BCUT2D eigenvalue weighted by molar-refractivity contribution is 6.25. The molecule has 10 nitrogen and oxygen atoms in total. The first kappa shape index (κ1) is 23.4. The van der Waals surface area contributed by atoms with Crippen LogP contribution in [0.25, 0.3) is 6.08 Å². The summed E-state index contributed by atoms with van der Waals surface area (Å²) >= 11 is 0.